The average Bonchev–Trinajstić information content (AvgIpc) is 2.80. The molecule has 31 heavy (non-hydrogen) atoms. The molecule has 7 nitrogen and oxygen atoms in total. The lowest BCUT2D eigenvalue weighted by Gasteiger charge is -2.12. The number of benzene rings is 2. The van der Waals surface area contributed by atoms with Gasteiger partial charge in [0.25, 0.3) is 11.5 Å². The first-order chi connectivity index (χ1) is 14.9. The Morgan fingerprint density at radius 2 is 1.84 bits per heavy atom. The van der Waals surface area contributed by atoms with Crippen LogP contribution in [0.1, 0.15) is 21.5 Å². The van der Waals surface area contributed by atoms with Gasteiger partial charge < -0.3 is 5.32 Å². The first-order valence-electron chi connectivity index (χ1n) is 9.59. The van der Waals surface area contributed by atoms with Crippen molar-refractivity contribution in [2.75, 3.05) is 0 Å². The molecule has 0 fully saturated rings. The summed E-state index contributed by atoms with van der Waals surface area (Å²) in [6.45, 7) is 0.425. The summed E-state index contributed by atoms with van der Waals surface area (Å²) >= 11 is 5.92. The number of nitrogens with zero attached hydrogens (tertiary/aromatic N) is 3. The number of amides is 1. The fourth-order valence-corrected chi connectivity index (χ4v) is 3.48. The van der Waals surface area contributed by atoms with E-state index < -0.39 is 11.2 Å². The second-order valence-corrected chi connectivity index (χ2v) is 7.57. The summed E-state index contributed by atoms with van der Waals surface area (Å²) in [7, 11) is 1.60. The standard InChI is InChI=1S/C23H19ClN4O3/c1-27-20-9-6-17(21(29)26-13-16-3-2-10-25-12-16)11-19(20)22(30)28(23(27)31)14-15-4-7-18(24)8-5-15/h2-12H,13-14H2,1H3,(H,26,29). The van der Waals surface area contributed by atoms with Crippen LogP contribution in [0, 0.1) is 0 Å². The van der Waals surface area contributed by atoms with E-state index in [9.17, 15) is 14.4 Å². The van der Waals surface area contributed by atoms with Crippen LogP contribution in [0.2, 0.25) is 5.02 Å². The number of hydrogen-bond acceptors (Lipinski definition) is 4. The van der Waals surface area contributed by atoms with Gasteiger partial charge in [0, 0.05) is 36.6 Å². The number of rotatable bonds is 5. The lowest BCUT2D eigenvalue weighted by Crippen LogP contribution is -2.39. The van der Waals surface area contributed by atoms with Gasteiger partial charge in [-0.1, -0.05) is 29.8 Å². The molecule has 1 amide bonds. The molecule has 0 saturated heterocycles. The van der Waals surface area contributed by atoms with Crippen molar-refractivity contribution in [1.82, 2.24) is 19.4 Å². The molecule has 0 aliphatic carbocycles. The van der Waals surface area contributed by atoms with Crippen molar-refractivity contribution in [3.63, 3.8) is 0 Å². The minimum atomic E-state index is -0.449. The first-order valence-corrected chi connectivity index (χ1v) is 9.97. The molecule has 0 radical (unpaired) electrons. The zero-order chi connectivity index (χ0) is 22.0. The first kappa shape index (κ1) is 20.6. The van der Waals surface area contributed by atoms with E-state index >= 15 is 0 Å². The zero-order valence-corrected chi connectivity index (χ0v) is 17.5. The molecule has 8 heteroatoms. The van der Waals surface area contributed by atoms with E-state index in [4.69, 9.17) is 11.6 Å². The summed E-state index contributed by atoms with van der Waals surface area (Å²) in [5.41, 5.74) is 1.56. The van der Waals surface area contributed by atoms with E-state index in [1.807, 2.05) is 6.07 Å². The number of hydrogen-bond donors (Lipinski definition) is 1. The molecule has 2 heterocycles. The summed E-state index contributed by atoms with van der Waals surface area (Å²) in [4.78, 5) is 42.5. The number of halogens is 1. The summed E-state index contributed by atoms with van der Waals surface area (Å²) in [6.07, 6.45) is 3.33. The maximum Gasteiger partial charge on any atom is 0.331 e. The number of nitrogens with one attached hydrogen (secondary N) is 1. The molecule has 0 unspecified atom stereocenters. The molecule has 0 saturated carbocycles. The lowest BCUT2D eigenvalue weighted by molar-refractivity contribution is 0.0951. The third-order valence-corrected chi connectivity index (χ3v) is 5.30. The summed E-state index contributed by atoms with van der Waals surface area (Å²) in [6, 6.07) is 15.3. The van der Waals surface area contributed by atoms with Crippen molar-refractivity contribution in [1.29, 1.82) is 0 Å². The van der Waals surface area contributed by atoms with Crippen LogP contribution < -0.4 is 16.6 Å². The Hall–Kier alpha value is -3.71. The van der Waals surface area contributed by atoms with Crippen LogP contribution >= 0.6 is 11.6 Å². The molecule has 0 aliphatic heterocycles. The number of aryl methyl sites for hydroxylation is 1. The van der Waals surface area contributed by atoms with Gasteiger partial charge in [-0.25, -0.2) is 4.79 Å². The predicted octanol–water partition coefficient (Wildman–Crippen LogP) is 2.73. The fraction of sp³-hybridized carbons (Fsp3) is 0.130. The van der Waals surface area contributed by atoms with Crippen molar-refractivity contribution in [2.24, 2.45) is 7.05 Å². The van der Waals surface area contributed by atoms with Crippen molar-refractivity contribution >= 4 is 28.4 Å². The van der Waals surface area contributed by atoms with E-state index in [-0.39, 0.29) is 12.5 Å². The molecular formula is C23H19ClN4O3. The molecule has 4 aromatic rings. The van der Waals surface area contributed by atoms with Gasteiger partial charge in [0.05, 0.1) is 17.4 Å². The minimum absolute atomic E-state index is 0.107. The van der Waals surface area contributed by atoms with Crippen LogP contribution in [-0.4, -0.2) is 20.0 Å². The molecule has 1 N–H and O–H groups in total. The SMILES string of the molecule is Cn1c(=O)n(Cc2ccc(Cl)cc2)c(=O)c2cc(C(=O)NCc3cccnc3)ccc21. The molecule has 0 atom stereocenters. The largest absolute Gasteiger partial charge is 0.348 e. The molecular weight excluding hydrogens is 416 g/mol. The van der Waals surface area contributed by atoms with Gasteiger partial charge in [-0.2, -0.15) is 0 Å². The van der Waals surface area contributed by atoms with Gasteiger partial charge in [0.2, 0.25) is 0 Å². The van der Waals surface area contributed by atoms with Gasteiger partial charge >= 0.3 is 5.69 Å². The lowest BCUT2D eigenvalue weighted by atomic mass is 10.1. The molecule has 4 rings (SSSR count). The van der Waals surface area contributed by atoms with Crippen LogP contribution in [0.25, 0.3) is 10.9 Å². The van der Waals surface area contributed by atoms with Crippen LogP contribution in [0.3, 0.4) is 0 Å². The van der Waals surface area contributed by atoms with Gasteiger partial charge in [-0.3, -0.25) is 23.7 Å². The third-order valence-electron chi connectivity index (χ3n) is 5.04. The van der Waals surface area contributed by atoms with Crippen molar-refractivity contribution < 1.29 is 4.79 Å². The maximum absolute atomic E-state index is 13.1. The Kier molecular flexibility index (Phi) is 5.68. The number of carbonyl (C=O) groups excluding carboxylic acids is 1. The van der Waals surface area contributed by atoms with E-state index in [2.05, 4.69) is 10.3 Å². The highest BCUT2D eigenvalue weighted by Crippen LogP contribution is 2.13. The smallest absolute Gasteiger partial charge is 0.331 e. The second-order valence-electron chi connectivity index (χ2n) is 7.14. The van der Waals surface area contributed by atoms with Crippen LogP contribution in [0.5, 0.6) is 0 Å². The average molecular weight is 435 g/mol. The van der Waals surface area contributed by atoms with Crippen molar-refractivity contribution in [2.45, 2.75) is 13.1 Å². The number of aromatic nitrogens is 3. The van der Waals surface area contributed by atoms with E-state index in [1.54, 1.807) is 61.9 Å². The Labute approximate surface area is 182 Å². The Morgan fingerprint density at radius 1 is 1.06 bits per heavy atom. The van der Waals surface area contributed by atoms with Crippen LogP contribution in [0.15, 0.2) is 76.6 Å². The van der Waals surface area contributed by atoms with Gasteiger partial charge in [-0.15, -0.1) is 0 Å². The third kappa shape index (κ3) is 4.27. The number of pyridine rings is 1. The highest BCUT2D eigenvalue weighted by Gasteiger charge is 2.14. The van der Waals surface area contributed by atoms with E-state index in [0.29, 0.717) is 28.0 Å². The Bertz CT molecular complexity index is 1380. The monoisotopic (exact) mass is 434 g/mol. The number of carbonyl (C=O) groups is 1. The molecule has 0 bridgehead atoms. The molecule has 2 aromatic carbocycles. The predicted molar refractivity (Wildman–Crippen MR) is 119 cm³/mol. The van der Waals surface area contributed by atoms with Crippen molar-refractivity contribution in [3.8, 4) is 0 Å². The van der Waals surface area contributed by atoms with E-state index in [1.165, 1.54) is 10.6 Å². The summed E-state index contributed by atoms with van der Waals surface area (Å²) in [5, 5.41) is 3.69. The maximum atomic E-state index is 13.1. The van der Waals surface area contributed by atoms with Gasteiger partial charge in [0.15, 0.2) is 0 Å². The zero-order valence-electron chi connectivity index (χ0n) is 16.7. The summed E-state index contributed by atoms with van der Waals surface area (Å²) in [5.74, 6) is -0.316. The Balaban J connectivity index is 1.69. The van der Waals surface area contributed by atoms with Gasteiger partial charge in [0.1, 0.15) is 0 Å². The second kappa shape index (κ2) is 8.57. The molecule has 0 spiro atoms. The number of fused-ring (bicyclic) bond motifs is 1. The highest BCUT2D eigenvalue weighted by atomic mass is 35.5. The molecule has 156 valence electrons. The normalized spacial score (nSPS) is 10.9. The topological polar surface area (TPSA) is 86.0 Å². The Morgan fingerprint density at radius 3 is 2.55 bits per heavy atom. The summed E-state index contributed by atoms with van der Waals surface area (Å²) < 4.78 is 2.56. The highest BCUT2D eigenvalue weighted by molar-refractivity contribution is 6.30. The quantitative estimate of drug-likeness (QED) is 0.523. The fourth-order valence-electron chi connectivity index (χ4n) is 3.36. The van der Waals surface area contributed by atoms with Gasteiger partial charge in [-0.05, 0) is 47.5 Å². The van der Waals surface area contributed by atoms with Crippen molar-refractivity contribution in [3.05, 3.63) is 110 Å². The minimum Gasteiger partial charge on any atom is -0.348 e. The van der Waals surface area contributed by atoms with Crippen LogP contribution in [-0.2, 0) is 20.1 Å². The van der Waals surface area contributed by atoms with Crippen LogP contribution in [0.4, 0.5) is 0 Å². The van der Waals surface area contributed by atoms with E-state index in [0.717, 1.165) is 15.7 Å². The molecule has 2 aromatic heterocycles. The molecule has 0 aliphatic rings.